The van der Waals surface area contributed by atoms with Crippen molar-refractivity contribution in [3.63, 3.8) is 0 Å². The maximum Gasteiger partial charge on any atom is 0.156 e. The highest BCUT2D eigenvalue weighted by molar-refractivity contribution is 5.99. The van der Waals surface area contributed by atoms with Crippen LogP contribution in [0.15, 0.2) is 24.7 Å². The smallest absolute Gasteiger partial charge is 0.156 e. The van der Waals surface area contributed by atoms with Gasteiger partial charge in [0.25, 0.3) is 0 Å². The molecule has 0 unspecified atom stereocenters. The Morgan fingerprint density at radius 1 is 1.11 bits per heavy atom. The summed E-state index contributed by atoms with van der Waals surface area (Å²) in [5, 5.41) is 0. The van der Waals surface area contributed by atoms with Crippen LogP contribution in [0.2, 0.25) is 0 Å². The van der Waals surface area contributed by atoms with E-state index in [1.807, 2.05) is 0 Å². The average Bonchev–Trinajstić information content (AvgIpc) is 3.37. The summed E-state index contributed by atoms with van der Waals surface area (Å²) in [6.07, 6.45) is 7.82. The van der Waals surface area contributed by atoms with Crippen molar-refractivity contribution in [1.82, 2.24) is 14.5 Å². The molecule has 0 radical (unpaired) electrons. The quantitative estimate of drug-likeness (QED) is 0.605. The van der Waals surface area contributed by atoms with E-state index >= 15 is 0 Å². The van der Waals surface area contributed by atoms with Crippen molar-refractivity contribution < 1.29 is 0 Å². The van der Waals surface area contributed by atoms with Gasteiger partial charge in [-0.25, -0.2) is 9.97 Å². The Labute approximate surface area is 162 Å². The molecule has 0 saturated heterocycles. The fourth-order valence-corrected chi connectivity index (χ4v) is 4.40. The third-order valence-corrected chi connectivity index (χ3v) is 5.65. The molecule has 142 valence electrons. The molecule has 2 aromatic heterocycles. The predicted octanol–water partition coefficient (Wildman–Crippen LogP) is 5.19. The van der Waals surface area contributed by atoms with Crippen LogP contribution in [0.4, 0.5) is 5.82 Å². The van der Waals surface area contributed by atoms with E-state index < -0.39 is 0 Å². The van der Waals surface area contributed by atoms with Crippen LogP contribution in [0.1, 0.15) is 42.9 Å². The summed E-state index contributed by atoms with van der Waals surface area (Å²) in [7, 11) is 2.12. The minimum Gasteiger partial charge on any atom is -0.355 e. The number of hydrogen-bond acceptors (Lipinski definition) is 3. The van der Waals surface area contributed by atoms with Crippen molar-refractivity contribution >= 4 is 16.9 Å². The normalized spacial score (nSPS) is 14.1. The van der Waals surface area contributed by atoms with Gasteiger partial charge in [-0.2, -0.15) is 0 Å². The number of fused-ring (bicyclic) bond motifs is 1. The van der Waals surface area contributed by atoms with E-state index in [4.69, 9.17) is 9.97 Å². The van der Waals surface area contributed by atoms with Gasteiger partial charge in [0.2, 0.25) is 0 Å². The van der Waals surface area contributed by atoms with Crippen molar-refractivity contribution in [1.29, 1.82) is 0 Å². The van der Waals surface area contributed by atoms with Crippen LogP contribution in [0.25, 0.3) is 22.2 Å². The van der Waals surface area contributed by atoms with Crippen molar-refractivity contribution in [2.75, 3.05) is 18.0 Å². The lowest BCUT2D eigenvalue weighted by molar-refractivity contribution is 0.699. The maximum atomic E-state index is 4.73. The monoisotopic (exact) mass is 362 g/mol. The summed E-state index contributed by atoms with van der Waals surface area (Å²) in [5.74, 6) is 1.92. The van der Waals surface area contributed by atoms with Crippen LogP contribution >= 0.6 is 0 Å². The molecular weight excluding hydrogens is 332 g/mol. The largest absolute Gasteiger partial charge is 0.355 e. The molecule has 2 heterocycles. The molecule has 0 N–H and O–H groups in total. The second-order valence-corrected chi connectivity index (χ2v) is 8.21. The molecule has 0 spiro atoms. The molecule has 27 heavy (non-hydrogen) atoms. The van der Waals surface area contributed by atoms with Crippen LogP contribution in [0.5, 0.6) is 0 Å². The van der Waals surface area contributed by atoms with Crippen LogP contribution in [-0.2, 0) is 7.05 Å². The lowest BCUT2D eigenvalue weighted by Crippen LogP contribution is -2.28. The molecule has 1 saturated carbocycles. The van der Waals surface area contributed by atoms with E-state index in [9.17, 15) is 0 Å². The first-order chi connectivity index (χ1) is 13.0. The van der Waals surface area contributed by atoms with E-state index in [1.54, 1.807) is 6.33 Å². The molecule has 4 rings (SSSR count). The highest BCUT2D eigenvalue weighted by atomic mass is 15.2. The van der Waals surface area contributed by atoms with Gasteiger partial charge in [-0.05, 0) is 62.6 Å². The zero-order valence-corrected chi connectivity index (χ0v) is 17.2. The molecule has 0 aliphatic heterocycles. The SMILES string of the molecule is CCCN(CC1CC1)c1ncnc2c(-c3c(C)cc(C)cc3C)cn(C)c12. The second-order valence-electron chi connectivity index (χ2n) is 8.21. The number of nitrogens with zero attached hydrogens (tertiary/aromatic N) is 4. The first-order valence-electron chi connectivity index (χ1n) is 10.1. The molecule has 1 aromatic carbocycles. The van der Waals surface area contributed by atoms with E-state index in [0.29, 0.717) is 0 Å². The third-order valence-electron chi connectivity index (χ3n) is 5.65. The van der Waals surface area contributed by atoms with Gasteiger partial charge in [0.1, 0.15) is 17.4 Å². The van der Waals surface area contributed by atoms with Crippen LogP contribution in [0.3, 0.4) is 0 Å². The number of aromatic nitrogens is 3. The highest BCUT2D eigenvalue weighted by Crippen LogP contribution is 2.38. The molecule has 0 atom stereocenters. The first kappa shape index (κ1) is 18.0. The molecule has 1 aliphatic rings. The Kier molecular flexibility index (Phi) is 4.67. The summed E-state index contributed by atoms with van der Waals surface area (Å²) in [6, 6.07) is 4.53. The van der Waals surface area contributed by atoms with Gasteiger partial charge in [0.15, 0.2) is 5.82 Å². The number of benzene rings is 1. The summed E-state index contributed by atoms with van der Waals surface area (Å²) in [5.41, 5.74) is 8.67. The van der Waals surface area contributed by atoms with Crippen LogP contribution < -0.4 is 4.90 Å². The summed E-state index contributed by atoms with van der Waals surface area (Å²) >= 11 is 0. The zero-order valence-electron chi connectivity index (χ0n) is 17.2. The van der Waals surface area contributed by atoms with Gasteiger partial charge >= 0.3 is 0 Å². The van der Waals surface area contributed by atoms with Gasteiger partial charge < -0.3 is 9.47 Å². The Hall–Kier alpha value is -2.36. The molecule has 3 aromatic rings. The molecule has 0 bridgehead atoms. The third kappa shape index (κ3) is 3.33. The van der Waals surface area contributed by atoms with Crippen LogP contribution in [-0.4, -0.2) is 27.6 Å². The van der Waals surface area contributed by atoms with Gasteiger partial charge in [-0.3, -0.25) is 0 Å². The summed E-state index contributed by atoms with van der Waals surface area (Å²) in [4.78, 5) is 11.9. The molecule has 1 fully saturated rings. The van der Waals surface area contributed by atoms with E-state index in [2.05, 4.69) is 62.5 Å². The lowest BCUT2D eigenvalue weighted by atomic mass is 9.95. The van der Waals surface area contributed by atoms with Gasteiger partial charge in [-0.15, -0.1) is 0 Å². The fourth-order valence-electron chi connectivity index (χ4n) is 4.40. The molecule has 4 heteroatoms. The molecule has 0 amide bonds. The van der Waals surface area contributed by atoms with Crippen molar-refractivity contribution in [3.05, 3.63) is 41.3 Å². The first-order valence-corrected chi connectivity index (χ1v) is 10.1. The van der Waals surface area contributed by atoms with Crippen LogP contribution in [0, 0.1) is 26.7 Å². The standard InChI is InChI=1S/C23H30N4/c1-6-9-27(12-18-7-8-18)23-22-21(24-14-25-23)19(13-26(22)5)20-16(3)10-15(2)11-17(20)4/h10-11,13-14,18H,6-9,12H2,1-5H3. The van der Waals surface area contributed by atoms with Gasteiger partial charge in [0.05, 0.1) is 0 Å². The molecule has 4 nitrogen and oxygen atoms in total. The summed E-state index contributed by atoms with van der Waals surface area (Å²) in [6.45, 7) is 11.0. The predicted molar refractivity (Wildman–Crippen MR) is 113 cm³/mol. The Bertz CT molecular complexity index is 958. The molecular formula is C23H30N4. The van der Waals surface area contributed by atoms with E-state index in [1.165, 1.54) is 40.7 Å². The number of aryl methyl sites for hydroxylation is 4. The maximum absolute atomic E-state index is 4.73. The van der Waals surface area contributed by atoms with Crippen molar-refractivity contribution in [2.24, 2.45) is 13.0 Å². The Morgan fingerprint density at radius 3 is 2.44 bits per heavy atom. The average molecular weight is 363 g/mol. The van der Waals surface area contributed by atoms with Crippen molar-refractivity contribution in [2.45, 2.75) is 47.0 Å². The van der Waals surface area contributed by atoms with E-state index in [-0.39, 0.29) is 0 Å². The zero-order chi connectivity index (χ0) is 19.1. The number of hydrogen-bond donors (Lipinski definition) is 0. The van der Waals surface area contributed by atoms with E-state index in [0.717, 1.165) is 42.3 Å². The topological polar surface area (TPSA) is 34.0 Å². The fraction of sp³-hybridized carbons (Fsp3) is 0.478. The summed E-state index contributed by atoms with van der Waals surface area (Å²) < 4.78 is 2.22. The number of anilines is 1. The highest BCUT2D eigenvalue weighted by Gasteiger charge is 2.27. The van der Waals surface area contributed by atoms with Gasteiger partial charge in [0, 0.05) is 31.9 Å². The Balaban J connectivity index is 1.89. The van der Waals surface area contributed by atoms with Crippen molar-refractivity contribution in [3.8, 4) is 11.1 Å². The molecule has 1 aliphatic carbocycles. The number of rotatable bonds is 6. The minimum atomic E-state index is 0.836. The lowest BCUT2D eigenvalue weighted by Gasteiger charge is -2.24. The minimum absolute atomic E-state index is 0.836. The Morgan fingerprint density at radius 2 is 1.81 bits per heavy atom. The van der Waals surface area contributed by atoms with Gasteiger partial charge in [-0.1, -0.05) is 24.6 Å². The second kappa shape index (κ2) is 6.99.